The normalized spacial score (nSPS) is 47.2. The predicted octanol–water partition coefficient (Wildman–Crippen LogP) is 1.73. The zero-order chi connectivity index (χ0) is 13.8. The fraction of sp³-hybridized carbons (Fsp3) is 1.00. The molecular weight excluding hydrogens is 240 g/mol. The molecule has 4 heteroatoms. The molecule has 0 aromatic rings. The molecule has 2 aliphatic heterocycles. The molecule has 0 aromatic heterocycles. The molecule has 2 heterocycles. The molecule has 110 valence electrons. The van der Waals surface area contributed by atoms with Crippen LogP contribution in [0.15, 0.2) is 0 Å². The first-order valence-electron chi connectivity index (χ1n) is 7.59. The number of ether oxygens (including phenoxy) is 2. The lowest BCUT2D eigenvalue weighted by atomic mass is 9.95. The van der Waals surface area contributed by atoms with E-state index in [9.17, 15) is 0 Å². The Bertz CT molecular complexity index is 347. The van der Waals surface area contributed by atoms with Gasteiger partial charge >= 0.3 is 0 Å². The molecular formula is C15H28N2O2. The molecule has 3 fully saturated rings. The van der Waals surface area contributed by atoms with E-state index in [0.29, 0.717) is 24.7 Å². The zero-order valence-corrected chi connectivity index (χ0v) is 12.7. The molecule has 3 aliphatic rings. The van der Waals surface area contributed by atoms with E-state index in [-0.39, 0.29) is 17.9 Å². The summed E-state index contributed by atoms with van der Waals surface area (Å²) in [6.07, 6.45) is 3.60. The summed E-state index contributed by atoms with van der Waals surface area (Å²) in [5.41, 5.74) is 6.50. The van der Waals surface area contributed by atoms with Crippen molar-refractivity contribution in [3.8, 4) is 0 Å². The third-order valence-electron chi connectivity index (χ3n) is 5.00. The van der Waals surface area contributed by atoms with Gasteiger partial charge in [-0.2, -0.15) is 0 Å². The molecule has 0 aromatic carbocycles. The van der Waals surface area contributed by atoms with Gasteiger partial charge in [0, 0.05) is 24.0 Å². The summed E-state index contributed by atoms with van der Waals surface area (Å²) in [6, 6.07) is 1.45. The number of fused-ring (bicyclic) bond motifs is 1. The van der Waals surface area contributed by atoms with Crippen molar-refractivity contribution in [2.45, 2.75) is 76.9 Å². The van der Waals surface area contributed by atoms with Crippen LogP contribution in [0, 0.1) is 5.41 Å². The monoisotopic (exact) mass is 268 g/mol. The van der Waals surface area contributed by atoms with Crippen LogP contribution in [-0.4, -0.2) is 48.1 Å². The van der Waals surface area contributed by atoms with E-state index in [0.717, 1.165) is 12.5 Å². The third kappa shape index (κ3) is 2.44. The van der Waals surface area contributed by atoms with E-state index < -0.39 is 0 Å². The fourth-order valence-corrected chi connectivity index (χ4v) is 4.37. The molecule has 2 N–H and O–H groups in total. The van der Waals surface area contributed by atoms with Gasteiger partial charge in [0.15, 0.2) is 6.29 Å². The SMILES string of the molecule is C[C@@H]1C[C@@]2(CC3OCC(N)CO3)CC2N1C(C)(C)C. The highest BCUT2D eigenvalue weighted by molar-refractivity contribution is 5.18. The van der Waals surface area contributed by atoms with E-state index in [4.69, 9.17) is 15.2 Å². The van der Waals surface area contributed by atoms with Gasteiger partial charge in [0.05, 0.1) is 19.3 Å². The topological polar surface area (TPSA) is 47.7 Å². The lowest BCUT2D eigenvalue weighted by Crippen LogP contribution is -2.45. The molecule has 3 rings (SSSR count). The molecule has 2 saturated heterocycles. The lowest BCUT2D eigenvalue weighted by molar-refractivity contribution is -0.194. The van der Waals surface area contributed by atoms with Crippen molar-refractivity contribution >= 4 is 0 Å². The highest BCUT2D eigenvalue weighted by Crippen LogP contribution is 2.63. The number of nitrogens with zero attached hydrogens (tertiary/aromatic N) is 1. The average Bonchev–Trinajstić information content (AvgIpc) is 2.85. The number of piperidine rings is 1. The Morgan fingerprint density at radius 1 is 1.21 bits per heavy atom. The van der Waals surface area contributed by atoms with Crippen LogP contribution < -0.4 is 5.73 Å². The molecule has 1 saturated carbocycles. The number of hydrogen-bond acceptors (Lipinski definition) is 4. The number of rotatable bonds is 2. The van der Waals surface area contributed by atoms with Gasteiger partial charge in [0.1, 0.15) is 0 Å². The van der Waals surface area contributed by atoms with Crippen molar-refractivity contribution in [2.75, 3.05) is 13.2 Å². The summed E-state index contributed by atoms with van der Waals surface area (Å²) >= 11 is 0. The maximum absolute atomic E-state index is 5.79. The van der Waals surface area contributed by atoms with Crippen LogP contribution in [-0.2, 0) is 9.47 Å². The van der Waals surface area contributed by atoms with Gasteiger partial charge in [-0.1, -0.05) is 0 Å². The van der Waals surface area contributed by atoms with Gasteiger partial charge in [0.25, 0.3) is 0 Å². The van der Waals surface area contributed by atoms with Gasteiger partial charge in [-0.3, -0.25) is 4.90 Å². The molecule has 0 amide bonds. The molecule has 1 aliphatic carbocycles. The second kappa shape index (κ2) is 4.42. The Balaban J connectivity index is 1.62. The second-order valence-electron chi connectivity index (χ2n) is 7.77. The first-order chi connectivity index (χ1) is 8.82. The van der Waals surface area contributed by atoms with Gasteiger partial charge in [0.2, 0.25) is 0 Å². The molecule has 19 heavy (non-hydrogen) atoms. The molecule has 0 radical (unpaired) electrons. The van der Waals surface area contributed by atoms with Gasteiger partial charge < -0.3 is 15.2 Å². The summed E-state index contributed by atoms with van der Waals surface area (Å²) in [4.78, 5) is 2.70. The third-order valence-corrected chi connectivity index (χ3v) is 5.00. The van der Waals surface area contributed by atoms with E-state index in [1.54, 1.807) is 0 Å². The van der Waals surface area contributed by atoms with Crippen LogP contribution in [0.1, 0.15) is 47.0 Å². The zero-order valence-electron chi connectivity index (χ0n) is 12.7. The van der Waals surface area contributed by atoms with Crippen LogP contribution in [0.25, 0.3) is 0 Å². The molecule has 3 atom stereocenters. The number of likely N-dealkylation sites (tertiary alicyclic amines) is 1. The van der Waals surface area contributed by atoms with Crippen molar-refractivity contribution in [3.63, 3.8) is 0 Å². The van der Waals surface area contributed by atoms with Gasteiger partial charge in [-0.25, -0.2) is 0 Å². The Hall–Kier alpha value is -0.160. The van der Waals surface area contributed by atoms with E-state index in [2.05, 4.69) is 32.6 Å². The van der Waals surface area contributed by atoms with Gasteiger partial charge in [-0.05, 0) is 46.0 Å². The molecule has 1 unspecified atom stereocenters. The standard InChI is InChI=1S/C15H28N2O2/c1-10-5-15(6-12(15)17(10)14(2,3)4)7-13-18-8-11(16)9-19-13/h10-13H,5-9,16H2,1-4H3/t10-,11?,12?,13?,15+/m1/s1. The van der Waals surface area contributed by atoms with Crippen molar-refractivity contribution in [1.29, 1.82) is 0 Å². The van der Waals surface area contributed by atoms with Crippen LogP contribution >= 0.6 is 0 Å². The van der Waals surface area contributed by atoms with E-state index >= 15 is 0 Å². The molecule has 4 nitrogen and oxygen atoms in total. The minimum atomic E-state index is -0.0306. The van der Waals surface area contributed by atoms with Crippen LogP contribution in [0.5, 0.6) is 0 Å². The first-order valence-corrected chi connectivity index (χ1v) is 7.59. The fourth-order valence-electron chi connectivity index (χ4n) is 4.37. The van der Waals surface area contributed by atoms with Crippen LogP contribution in [0.2, 0.25) is 0 Å². The Kier molecular flexibility index (Phi) is 3.21. The molecule has 0 bridgehead atoms. The minimum absolute atomic E-state index is 0.0306. The highest BCUT2D eigenvalue weighted by Gasteiger charge is 2.65. The highest BCUT2D eigenvalue weighted by atomic mass is 16.7. The van der Waals surface area contributed by atoms with E-state index in [1.165, 1.54) is 12.8 Å². The second-order valence-corrected chi connectivity index (χ2v) is 7.77. The summed E-state index contributed by atoms with van der Waals surface area (Å²) in [5, 5.41) is 0. The number of nitrogens with two attached hydrogens (primary N) is 1. The smallest absolute Gasteiger partial charge is 0.158 e. The maximum atomic E-state index is 5.79. The van der Waals surface area contributed by atoms with Crippen molar-refractivity contribution < 1.29 is 9.47 Å². The Labute approximate surface area is 116 Å². The number of hydrogen-bond donors (Lipinski definition) is 1. The van der Waals surface area contributed by atoms with E-state index in [1.807, 2.05) is 0 Å². The Morgan fingerprint density at radius 2 is 1.84 bits per heavy atom. The summed E-state index contributed by atoms with van der Waals surface area (Å²) < 4.78 is 11.5. The maximum Gasteiger partial charge on any atom is 0.158 e. The largest absolute Gasteiger partial charge is 0.351 e. The summed E-state index contributed by atoms with van der Waals surface area (Å²) in [6.45, 7) is 10.6. The van der Waals surface area contributed by atoms with Crippen LogP contribution in [0.4, 0.5) is 0 Å². The quantitative estimate of drug-likeness (QED) is 0.828. The Morgan fingerprint density at radius 3 is 2.37 bits per heavy atom. The lowest BCUT2D eigenvalue weighted by Gasteiger charge is -2.37. The summed E-state index contributed by atoms with van der Waals surface area (Å²) in [7, 11) is 0. The van der Waals surface area contributed by atoms with Crippen molar-refractivity contribution in [1.82, 2.24) is 4.90 Å². The summed E-state index contributed by atoms with van der Waals surface area (Å²) in [5.74, 6) is 0. The molecule has 0 spiro atoms. The first kappa shape index (κ1) is 13.8. The van der Waals surface area contributed by atoms with Gasteiger partial charge in [-0.15, -0.1) is 0 Å². The van der Waals surface area contributed by atoms with Crippen molar-refractivity contribution in [2.24, 2.45) is 11.1 Å². The van der Waals surface area contributed by atoms with Crippen LogP contribution in [0.3, 0.4) is 0 Å². The average molecular weight is 268 g/mol. The minimum Gasteiger partial charge on any atom is -0.351 e. The van der Waals surface area contributed by atoms with Crippen molar-refractivity contribution in [3.05, 3.63) is 0 Å². The predicted molar refractivity (Wildman–Crippen MR) is 74.8 cm³/mol.